The molecule has 1 N–H and O–H groups in total. The van der Waals surface area contributed by atoms with E-state index < -0.39 is 5.97 Å². The third kappa shape index (κ3) is 3.92. The van der Waals surface area contributed by atoms with Gasteiger partial charge in [-0.3, -0.25) is 9.48 Å². The van der Waals surface area contributed by atoms with Crippen LogP contribution in [0, 0.1) is 0 Å². The lowest BCUT2D eigenvalue weighted by Crippen LogP contribution is -2.39. The van der Waals surface area contributed by atoms with E-state index in [0.29, 0.717) is 18.8 Å². The molecule has 0 saturated carbocycles. The highest BCUT2D eigenvalue weighted by Crippen LogP contribution is 2.28. The molecule has 1 fully saturated rings. The number of carboxylic acid groups (broad SMARTS) is 1. The molecule has 2 heterocycles. The van der Waals surface area contributed by atoms with Crippen molar-refractivity contribution in [1.82, 2.24) is 14.7 Å². The van der Waals surface area contributed by atoms with Gasteiger partial charge >= 0.3 is 5.97 Å². The standard InChI is InChI=1S/C23H23N3O3/c1-25-21(14-20(24-25)17-6-3-2-4-7-17)22(27)26-13-5-8-19(15-26)16-9-11-18(12-10-16)23(28)29/h2-4,6-7,9-12,14,19H,5,8,13,15H2,1H3,(H,28,29)/t19-/m0/s1. The summed E-state index contributed by atoms with van der Waals surface area (Å²) in [4.78, 5) is 26.1. The summed E-state index contributed by atoms with van der Waals surface area (Å²) < 4.78 is 1.65. The third-order valence-corrected chi connectivity index (χ3v) is 5.51. The number of likely N-dealkylation sites (tertiary alicyclic amines) is 1. The van der Waals surface area contributed by atoms with Gasteiger partial charge in [0.05, 0.1) is 11.3 Å². The monoisotopic (exact) mass is 389 g/mol. The van der Waals surface area contributed by atoms with Crippen LogP contribution in [0.15, 0.2) is 60.7 Å². The fourth-order valence-electron chi connectivity index (χ4n) is 3.91. The van der Waals surface area contributed by atoms with Crippen molar-refractivity contribution in [3.05, 3.63) is 77.5 Å². The van der Waals surface area contributed by atoms with Crippen LogP contribution < -0.4 is 0 Å². The van der Waals surface area contributed by atoms with Crippen molar-refractivity contribution in [2.75, 3.05) is 13.1 Å². The molecule has 1 atom stereocenters. The van der Waals surface area contributed by atoms with E-state index in [-0.39, 0.29) is 17.4 Å². The van der Waals surface area contributed by atoms with Gasteiger partial charge in [-0.2, -0.15) is 5.10 Å². The minimum absolute atomic E-state index is 0.0194. The Labute approximate surface area is 169 Å². The zero-order valence-corrected chi connectivity index (χ0v) is 16.3. The molecule has 0 unspecified atom stereocenters. The highest BCUT2D eigenvalue weighted by molar-refractivity contribution is 5.94. The van der Waals surface area contributed by atoms with Crippen LogP contribution >= 0.6 is 0 Å². The molecule has 0 spiro atoms. The Balaban J connectivity index is 1.52. The number of carbonyl (C=O) groups excluding carboxylic acids is 1. The van der Waals surface area contributed by atoms with Gasteiger partial charge < -0.3 is 10.0 Å². The summed E-state index contributed by atoms with van der Waals surface area (Å²) in [5.74, 6) is -0.742. The summed E-state index contributed by atoms with van der Waals surface area (Å²) in [6, 6.07) is 18.7. The first kappa shape index (κ1) is 18.9. The number of carbonyl (C=O) groups is 2. The Bertz CT molecular complexity index is 1030. The first-order valence-corrected chi connectivity index (χ1v) is 9.75. The summed E-state index contributed by atoms with van der Waals surface area (Å²) in [6.07, 6.45) is 1.90. The quantitative estimate of drug-likeness (QED) is 0.736. The number of hydrogen-bond acceptors (Lipinski definition) is 3. The van der Waals surface area contributed by atoms with Gasteiger partial charge in [-0.15, -0.1) is 0 Å². The van der Waals surface area contributed by atoms with Crippen molar-refractivity contribution in [3.63, 3.8) is 0 Å². The third-order valence-electron chi connectivity index (χ3n) is 5.51. The zero-order valence-electron chi connectivity index (χ0n) is 16.3. The van der Waals surface area contributed by atoms with E-state index in [1.54, 1.807) is 23.9 Å². The van der Waals surface area contributed by atoms with Gasteiger partial charge in [0.2, 0.25) is 0 Å². The maximum Gasteiger partial charge on any atom is 0.335 e. The number of amides is 1. The number of hydrogen-bond donors (Lipinski definition) is 1. The second-order valence-electron chi connectivity index (χ2n) is 7.42. The number of carboxylic acids is 1. The van der Waals surface area contributed by atoms with E-state index >= 15 is 0 Å². The van der Waals surface area contributed by atoms with Gasteiger partial charge in [0, 0.05) is 31.6 Å². The number of piperidine rings is 1. The average Bonchev–Trinajstić information content (AvgIpc) is 3.15. The molecule has 1 amide bonds. The minimum Gasteiger partial charge on any atom is -0.478 e. The minimum atomic E-state index is -0.928. The summed E-state index contributed by atoms with van der Waals surface area (Å²) >= 11 is 0. The maximum atomic E-state index is 13.2. The van der Waals surface area contributed by atoms with Crippen LogP contribution in [-0.4, -0.2) is 44.8 Å². The highest BCUT2D eigenvalue weighted by atomic mass is 16.4. The number of rotatable bonds is 4. The molecule has 148 valence electrons. The Morgan fingerprint density at radius 2 is 1.79 bits per heavy atom. The predicted octanol–water partition coefficient (Wildman–Crippen LogP) is 3.81. The molecule has 1 aromatic heterocycles. The summed E-state index contributed by atoms with van der Waals surface area (Å²) in [6.45, 7) is 1.34. The summed E-state index contributed by atoms with van der Waals surface area (Å²) in [5, 5.41) is 13.6. The molecule has 6 heteroatoms. The van der Waals surface area contributed by atoms with Gasteiger partial charge in [-0.05, 0) is 36.6 Å². The summed E-state index contributed by atoms with van der Waals surface area (Å²) in [5.41, 5.74) is 3.69. The highest BCUT2D eigenvalue weighted by Gasteiger charge is 2.27. The lowest BCUT2D eigenvalue weighted by Gasteiger charge is -2.33. The predicted molar refractivity (Wildman–Crippen MR) is 110 cm³/mol. The number of benzene rings is 2. The first-order valence-electron chi connectivity index (χ1n) is 9.75. The van der Waals surface area contributed by atoms with Gasteiger partial charge in [0.15, 0.2) is 0 Å². The smallest absolute Gasteiger partial charge is 0.335 e. The summed E-state index contributed by atoms with van der Waals surface area (Å²) in [7, 11) is 1.80. The second kappa shape index (κ2) is 7.91. The van der Waals surface area contributed by atoms with Crippen molar-refractivity contribution in [1.29, 1.82) is 0 Å². The van der Waals surface area contributed by atoms with Crippen LogP contribution in [0.2, 0.25) is 0 Å². The number of aromatic nitrogens is 2. The van der Waals surface area contributed by atoms with E-state index in [9.17, 15) is 9.59 Å². The zero-order chi connectivity index (χ0) is 20.4. The van der Waals surface area contributed by atoms with E-state index in [2.05, 4.69) is 5.10 Å². The lowest BCUT2D eigenvalue weighted by atomic mass is 9.90. The molecule has 4 rings (SSSR count). The SMILES string of the molecule is Cn1nc(-c2ccccc2)cc1C(=O)N1CCC[C@H](c2ccc(C(=O)O)cc2)C1. The first-order chi connectivity index (χ1) is 14.0. The molecule has 1 aliphatic rings. The molecule has 1 saturated heterocycles. The molecule has 0 radical (unpaired) electrons. The molecule has 0 aliphatic carbocycles. The molecular weight excluding hydrogens is 366 g/mol. The number of nitrogens with zero attached hydrogens (tertiary/aromatic N) is 3. The molecule has 6 nitrogen and oxygen atoms in total. The van der Waals surface area contributed by atoms with E-state index in [4.69, 9.17) is 5.11 Å². The Morgan fingerprint density at radius 3 is 2.48 bits per heavy atom. The molecule has 0 bridgehead atoms. The average molecular weight is 389 g/mol. The van der Waals surface area contributed by atoms with Crippen LogP contribution in [0.25, 0.3) is 11.3 Å². The van der Waals surface area contributed by atoms with Crippen molar-refractivity contribution in [2.45, 2.75) is 18.8 Å². The number of aryl methyl sites for hydroxylation is 1. The van der Waals surface area contributed by atoms with Crippen LogP contribution in [0.4, 0.5) is 0 Å². The molecule has 2 aromatic carbocycles. The van der Waals surface area contributed by atoms with Crippen LogP contribution in [-0.2, 0) is 7.05 Å². The second-order valence-corrected chi connectivity index (χ2v) is 7.42. The molecular formula is C23H23N3O3. The van der Waals surface area contributed by atoms with Crippen LogP contribution in [0.3, 0.4) is 0 Å². The Kier molecular flexibility index (Phi) is 5.16. The van der Waals surface area contributed by atoms with Gasteiger partial charge in [-0.25, -0.2) is 4.79 Å². The maximum absolute atomic E-state index is 13.2. The molecule has 29 heavy (non-hydrogen) atoms. The van der Waals surface area contributed by atoms with Crippen molar-refractivity contribution < 1.29 is 14.7 Å². The van der Waals surface area contributed by atoms with Gasteiger partial charge in [0.1, 0.15) is 5.69 Å². The fraction of sp³-hybridized carbons (Fsp3) is 0.261. The van der Waals surface area contributed by atoms with Gasteiger partial charge in [0.25, 0.3) is 5.91 Å². The fourth-order valence-corrected chi connectivity index (χ4v) is 3.91. The van der Waals surface area contributed by atoms with E-state index in [1.165, 1.54) is 0 Å². The topological polar surface area (TPSA) is 75.4 Å². The lowest BCUT2D eigenvalue weighted by molar-refractivity contribution is 0.0689. The molecule has 3 aromatic rings. The number of aromatic carboxylic acids is 1. The van der Waals surface area contributed by atoms with Crippen LogP contribution in [0.1, 0.15) is 45.2 Å². The van der Waals surface area contributed by atoms with E-state index in [1.807, 2.05) is 53.4 Å². The molecule has 1 aliphatic heterocycles. The van der Waals surface area contributed by atoms with E-state index in [0.717, 1.165) is 29.7 Å². The normalized spacial score (nSPS) is 16.6. The van der Waals surface area contributed by atoms with Crippen LogP contribution in [0.5, 0.6) is 0 Å². The Morgan fingerprint density at radius 1 is 1.07 bits per heavy atom. The van der Waals surface area contributed by atoms with Crippen molar-refractivity contribution >= 4 is 11.9 Å². The largest absolute Gasteiger partial charge is 0.478 e. The van der Waals surface area contributed by atoms with Crippen molar-refractivity contribution in [2.24, 2.45) is 7.05 Å². The van der Waals surface area contributed by atoms with Gasteiger partial charge in [-0.1, -0.05) is 42.5 Å². The van der Waals surface area contributed by atoms with Crippen molar-refractivity contribution in [3.8, 4) is 11.3 Å². The Hall–Kier alpha value is -3.41.